The molecule has 104 valence electrons. The number of aromatic hydroxyl groups is 1. The molecule has 0 aliphatic carbocycles. The van der Waals surface area contributed by atoms with Gasteiger partial charge in [0, 0.05) is 10.6 Å². The van der Waals surface area contributed by atoms with Crippen LogP contribution in [0.4, 0.5) is 5.69 Å². The first-order chi connectivity index (χ1) is 10.2. The average molecular weight is 297 g/mol. The van der Waals surface area contributed by atoms with E-state index in [2.05, 4.69) is 10.5 Å². The summed E-state index contributed by atoms with van der Waals surface area (Å²) in [5, 5.41) is 16.9. The normalized spacial score (nSPS) is 11.1. The molecule has 3 rings (SSSR count). The molecule has 0 aromatic heterocycles. The molecule has 3 aromatic rings. The highest BCUT2D eigenvalue weighted by Crippen LogP contribution is 2.25. The third-order valence-electron chi connectivity index (χ3n) is 3.18. The largest absolute Gasteiger partial charge is 0.507 e. The number of nitrogens with zero attached hydrogens (tertiary/aromatic N) is 1. The van der Waals surface area contributed by atoms with E-state index in [0.29, 0.717) is 10.6 Å². The first-order valence-electron chi connectivity index (χ1n) is 6.49. The predicted molar refractivity (Wildman–Crippen MR) is 88.3 cm³/mol. The molecular weight excluding hydrogens is 284 g/mol. The number of phenolic OH excluding ortho intramolecular Hbond substituents is 1. The number of hydrazone groups is 1. The van der Waals surface area contributed by atoms with Crippen LogP contribution >= 0.6 is 11.6 Å². The highest BCUT2D eigenvalue weighted by atomic mass is 35.5. The van der Waals surface area contributed by atoms with Gasteiger partial charge in [-0.25, -0.2) is 0 Å². The number of rotatable bonds is 3. The van der Waals surface area contributed by atoms with Gasteiger partial charge in [-0.3, -0.25) is 5.43 Å². The van der Waals surface area contributed by atoms with E-state index in [-0.39, 0.29) is 5.75 Å². The fourth-order valence-electron chi connectivity index (χ4n) is 2.12. The summed E-state index contributed by atoms with van der Waals surface area (Å²) in [7, 11) is 0. The molecule has 21 heavy (non-hydrogen) atoms. The molecular formula is C17H13ClN2O. The quantitative estimate of drug-likeness (QED) is 0.546. The number of phenols is 1. The maximum atomic E-state index is 10.0. The van der Waals surface area contributed by atoms with Gasteiger partial charge in [-0.1, -0.05) is 41.9 Å². The van der Waals surface area contributed by atoms with Crippen molar-refractivity contribution in [2.24, 2.45) is 5.10 Å². The van der Waals surface area contributed by atoms with Crippen molar-refractivity contribution in [3.63, 3.8) is 0 Å². The molecule has 0 spiro atoms. The van der Waals surface area contributed by atoms with Gasteiger partial charge in [0.1, 0.15) is 5.75 Å². The zero-order valence-corrected chi connectivity index (χ0v) is 11.9. The number of hydrogen-bond donors (Lipinski definition) is 2. The Kier molecular flexibility index (Phi) is 3.75. The maximum Gasteiger partial charge on any atom is 0.125 e. The van der Waals surface area contributed by atoms with E-state index in [9.17, 15) is 5.11 Å². The molecule has 0 heterocycles. The number of nitrogens with one attached hydrogen (secondary N) is 1. The van der Waals surface area contributed by atoms with Crippen LogP contribution in [0.1, 0.15) is 5.56 Å². The van der Waals surface area contributed by atoms with Crippen LogP contribution in [0.3, 0.4) is 0 Å². The first-order valence-corrected chi connectivity index (χ1v) is 6.87. The second-order valence-corrected chi connectivity index (χ2v) is 5.03. The van der Waals surface area contributed by atoms with Crippen LogP contribution in [0.5, 0.6) is 5.75 Å². The smallest absolute Gasteiger partial charge is 0.125 e. The lowest BCUT2D eigenvalue weighted by Crippen LogP contribution is -1.92. The molecule has 0 amide bonds. The van der Waals surface area contributed by atoms with Gasteiger partial charge in [-0.05, 0) is 41.1 Å². The predicted octanol–water partition coefficient (Wildman–Crippen LogP) is 4.64. The molecule has 3 nitrogen and oxygen atoms in total. The van der Waals surface area contributed by atoms with Gasteiger partial charge in [-0.2, -0.15) is 5.10 Å². The van der Waals surface area contributed by atoms with Crippen LogP contribution in [-0.4, -0.2) is 11.3 Å². The Morgan fingerprint density at radius 1 is 0.952 bits per heavy atom. The van der Waals surface area contributed by atoms with Crippen molar-refractivity contribution >= 4 is 34.3 Å². The number of anilines is 1. The van der Waals surface area contributed by atoms with Crippen molar-refractivity contribution in [1.82, 2.24) is 0 Å². The van der Waals surface area contributed by atoms with Crippen molar-refractivity contribution in [1.29, 1.82) is 0 Å². The second kappa shape index (κ2) is 5.85. The van der Waals surface area contributed by atoms with Gasteiger partial charge in [0.25, 0.3) is 0 Å². The standard InChI is InChI=1S/C17H13ClN2O/c18-13-6-8-14(9-7-13)20-19-11-16-15-4-2-1-3-12(15)5-10-17(16)21/h1-11,20-21H. The van der Waals surface area contributed by atoms with Gasteiger partial charge in [0.05, 0.1) is 11.9 Å². The fourth-order valence-corrected chi connectivity index (χ4v) is 2.24. The summed E-state index contributed by atoms with van der Waals surface area (Å²) >= 11 is 5.83. The third kappa shape index (κ3) is 2.98. The van der Waals surface area contributed by atoms with Crippen LogP contribution in [0.2, 0.25) is 5.02 Å². The van der Waals surface area contributed by atoms with E-state index in [1.807, 2.05) is 42.5 Å². The van der Waals surface area contributed by atoms with Gasteiger partial charge in [0.15, 0.2) is 0 Å². The minimum atomic E-state index is 0.204. The van der Waals surface area contributed by atoms with Crippen LogP contribution in [-0.2, 0) is 0 Å². The molecule has 3 aromatic carbocycles. The highest BCUT2D eigenvalue weighted by Gasteiger charge is 2.03. The summed E-state index contributed by atoms with van der Waals surface area (Å²) in [4.78, 5) is 0. The van der Waals surface area contributed by atoms with E-state index < -0.39 is 0 Å². The van der Waals surface area contributed by atoms with Crippen LogP contribution < -0.4 is 5.43 Å². The second-order valence-electron chi connectivity index (χ2n) is 4.60. The van der Waals surface area contributed by atoms with Gasteiger partial charge >= 0.3 is 0 Å². The minimum Gasteiger partial charge on any atom is -0.507 e. The monoisotopic (exact) mass is 296 g/mol. The average Bonchev–Trinajstić information content (AvgIpc) is 2.51. The topological polar surface area (TPSA) is 44.6 Å². The van der Waals surface area contributed by atoms with E-state index in [0.717, 1.165) is 16.5 Å². The Hall–Kier alpha value is -2.52. The summed E-state index contributed by atoms with van der Waals surface area (Å²) in [6.07, 6.45) is 1.62. The highest BCUT2D eigenvalue weighted by molar-refractivity contribution is 6.30. The Morgan fingerprint density at radius 3 is 2.52 bits per heavy atom. The van der Waals surface area contributed by atoms with Crippen LogP contribution in [0.25, 0.3) is 10.8 Å². The molecule has 0 unspecified atom stereocenters. The van der Waals surface area contributed by atoms with Crippen LogP contribution in [0.15, 0.2) is 65.8 Å². The number of benzene rings is 3. The zero-order chi connectivity index (χ0) is 14.7. The van der Waals surface area contributed by atoms with Gasteiger partial charge < -0.3 is 5.11 Å². The SMILES string of the molecule is Oc1ccc2ccccc2c1C=NNc1ccc(Cl)cc1. The van der Waals surface area contributed by atoms with Crippen molar-refractivity contribution in [3.8, 4) is 5.75 Å². The third-order valence-corrected chi connectivity index (χ3v) is 3.43. The van der Waals surface area contributed by atoms with Crippen LogP contribution in [0, 0.1) is 0 Å². The summed E-state index contributed by atoms with van der Waals surface area (Å²) in [6.45, 7) is 0. The van der Waals surface area contributed by atoms with Crippen molar-refractivity contribution < 1.29 is 5.11 Å². The lowest BCUT2D eigenvalue weighted by molar-refractivity contribution is 0.475. The number of halogens is 1. The molecule has 0 saturated heterocycles. The molecule has 2 N–H and O–H groups in total. The van der Waals surface area contributed by atoms with E-state index in [1.165, 1.54) is 0 Å². The molecule has 0 aliphatic heterocycles. The Morgan fingerprint density at radius 2 is 1.71 bits per heavy atom. The van der Waals surface area contributed by atoms with E-state index in [1.54, 1.807) is 24.4 Å². The molecule has 4 heteroatoms. The molecule has 0 bridgehead atoms. The lowest BCUT2D eigenvalue weighted by atomic mass is 10.0. The first kappa shape index (κ1) is 13.5. The minimum absolute atomic E-state index is 0.204. The summed E-state index contributed by atoms with van der Waals surface area (Å²) in [5.41, 5.74) is 4.43. The van der Waals surface area contributed by atoms with E-state index >= 15 is 0 Å². The van der Waals surface area contributed by atoms with Crippen molar-refractivity contribution in [3.05, 3.63) is 71.2 Å². The number of hydrogen-bond acceptors (Lipinski definition) is 3. The van der Waals surface area contributed by atoms with Gasteiger partial charge in [0.2, 0.25) is 0 Å². The Balaban J connectivity index is 1.89. The van der Waals surface area contributed by atoms with Gasteiger partial charge in [-0.15, -0.1) is 0 Å². The zero-order valence-electron chi connectivity index (χ0n) is 11.1. The Bertz CT molecular complexity index is 797. The molecule has 0 saturated carbocycles. The molecule has 0 atom stereocenters. The summed E-state index contributed by atoms with van der Waals surface area (Å²) in [6, 6.07) is 18.7. The molecule has 0 radical (unpaired) electrons. The summed E-state index contributed by atoms with van der Waals surface area (Å²) in [5.74, 6) is 0.204. The molecule has 0 aliphatic rings. The Labute approximate surface area is 127 Å². The van der Waals surface area contributed by atoms with Crippen molar-refractivity contribution in [2.75, 3.05) is 5.43 Å². The maximum absolute atomic E-state index is 10.0. The molecule has 0 fully saturated rings. The van der Waals surface area contributed by atoms with E-state index in [4.69, 9.17) is 11.6 Å². The summed E-state index contributed by atoms with van der Waals surface area (Å²) < 4.78 is 0. The lowest BCUT2D eigenvalue weighted by Gasteiger charge is -2.05. The fraction of sp³-hybridized carbons (Fsp3) is 0. The van der Waals surface area contributed by atoms with Crippen molar-refractivity contribution in [2.45, 2.75) is 0 Å². The number of fused-ring (bicyclic) bond motifs is 1.